The highest BCUT2D eigenvalue weighted by Gasteiger charge is 2.43. The van der Waals surface area contributed by atoms with E-state index in [1.165, 1.54) is 93.8 Å². The lowest BCUT2D eigenvalue weighted by Gasteiger charge is -2.24. The molecule has 0 unspecified atom stereocenters. The van der Waals surface area contributed by atoms with E-state index in [2.05, 4.69) is 219 Å². The minimum Gasteiger partial charge on any atom is -0.309 e. The van der Waals surface area contributed by atoms with Crippen molar-refractivity contribution in [2.45, 2.75) is 44.9 Å². The van der Waals surface area contributed by atoms with Crippen LogP contribution < -0.4 is 0 Å². The third-order valence-corrected chi connectivity index (χ3v) is 12.7. The van der Waals surface area contributed by atoms with Crippen LogP contribution in [0.4, 0.5) is 0 Å². The number of benzene rings is 8. The minimum absolute atomic E-state index is 0.0754. The standard InChI is InChI=1S/C55H44N2/c1-54(2)35-55(3,4)53-47(54)19-13-21-52(53)57-48-20-12-11-18-43(48)44-33-40(26-31-51(44)57)41-25-30-50-46(34-41)45-32-39(37-16-9-6-10-17-37)24-29-49(45)56(50)42-27-22-38(23-28-42)36-14-7-5-8-15-36/h5-34H,35H2,1-4H3. The predicted molar refractivity (Wildman–Crippen MR) is 242 cm³/mol. The van der Waals surface area contributed by atoms with Gasteiger partial charge in [-0.05, 0) is 122 Å². The van der Waals surface area contributed by atoms with Crippen LogP contribution in [-0.4, -0.2) is 9.13 Å². The van der Waals surface area contributed by atoms with Crippen LogP contribution in [0.2, 0.25) is 0 Å². The summed E-state index contributed by atoms with van der Waals surface area (Å²) in [7, 11) is 0. The molecular weight excluding hydrogens is 689 g/mol. The molecule has 1 aliphatic carbocycles. The minimum atomic E-state index is 0.0754. The smallest absolute Gasteiger partial charge is 0.0541 e. The van der Waals surface area contributed by atoms with Crippen molar-refractivity contribution in [2.24, 2.45) is 0 Å². The van der Waals surface area contributed by atoms with Crippen LogP contribution in [0.3, 0.4) is 0 Å². The second-order valence-corrected chi connectivity index (χ2v) is 17.3. The van der Waals surface area contributed by atoms with Crippen LogP contribution in [-0.2, 0) is 10.8 Å². The summed E-state index contributed by atoms with van der Waals surface area (Å²) in [5, 5.41) is 5.07. The number of fused-ring (bicyclic) bond motifs is 7. The van der Waals surface area contributed by atoms with E-state index in [0.29, 0.717) is 0 Å². The maximum Gasteiger partial charge on any atom is 0.0541 e. The van der Waals surface area contributed by atoms with Crippen LogP contribution in [0.5, 0.6) is 0 Å². The predicted octanol–water partition coefficient (Wildman–Crippen LogP) is 14.8. The van der Waals surface area contributed by atoms with Gasteiger partial charge in [-0.15, -0.1) is 0 Å². The van der Waals surface area contributed by atoms with Gasteiger partial charge in [0.15, 0.2) is 0 Å². The molecule has 57 heavy (non-hydrogen) atoms. The second kappa shape index (κ2) is 12.4. The normalized spacial score (nSPS) is 14.5. The molecule has 274 valence electrons. The van der Waals surface area contributed by atoms with Crippen LogP contribution in [0, 0.1) is 0 Å². The third-order valence-electron chi connectivity index (χ3n) is 12.7. The monoisotopic (exact) mass is 732 g/mol. The fourth-order valence-corrected chi connectivity index (χ4v) is 10.4. The molecule has 1 aliphatic rings. The number of hydrogen-bond acceptors (Lipinski definition) is 0. The first kappa shape index (κ1) is 33.7. The van der Waals surface area contributed by atoms with Crippen LogP contribution in [0.15, 0.2) is 182 Å². The lowest BCUT2D eigenvalue weighted by Crippen LogP contribution is -2.18. The Labute approximate surface area is 334 Å². The summed E-state index contributed by atoms with van der Waals surface area (Å²) in [6.45, 7) is 9.65. The van der Waals surface area contributed by atoms with Crippen molar-refractivity contribution >= 4 is 43.6 Å². The molecule has 8 aromatic carbocycles. The zero-order valence-electron chi connectivity index (χ0n) is 32.9. The number of rotatable bonds is 5. The number of aromatic nitrogens is 2. The molecule has 0 spiro atoms. The van der Waals surface area contributed by atoms with Gasteiger partial charge in [-0.25, -0.2) is 0 Å². The van der Waals surface area contributed by atoms with Crippen LogP contribution >= 0.6 is 0 Å². The van der Waals surface area contributed by atoms with Crippen molar-refractivity contribution in [3.63, 3.8) is 0 Å². The molecule has 0 saturated carbocycles. The van der Waals surface area contributed by atoms with E-state index in [-0.39, 0.29) is 10.8 Å². The van der Waals surface area contributed by atoms with Gasteiger partial charge in [0, 0.05) is 27.2 Å². The van der Waals surface area contributed by atoms with Crippen molar-refractivity contribution in [1.82, 2.24) is 9.13 Å². The number of para-hydroxylation sites is 1. The maximum atomic E-state index is 2.53. The van der Waals surface area contributed by atoms with Crippen molar-refractivity contribution in [1.29, 1.82) is 0 Å². The Balaban J connectivity index is 1.10. The van der Waals surface area contributed by atoms with Crippen molar-refractivity contribution in [2.75, 3.05) is 0 Å². The molecule has 2 aromatic heterocycles. The van der Waals surface area contributed by atoms with Gasteiger partial charge in [0.2, 0.25) is 0 Å². The Bertz CT molecular complexity index is 3170. The number of nitrogens with zero attached hydrogens (tertiary/aromatic N) is 2. The summed E-state index contributed by atoms with van der Waals surface area (Å²) in [5.41, 5.74) is 17.9. The molecule has 0 radical (unpaired) electrons. The molecular formula is C55H44N2. The first-order valence-corrected chi connectivity index (χ1v) is 20.2. The van der Waals surface area contributed by atoms with Gasteiger partial charge in [0.1, 0.15) is 0 Å². The van der Waals surface area contributed by atoms with Gasteiger partial charge in [0.25, 0.3) is 0 Å². The summed E-state index contributed by atoms with van der Waals surface area (Å²) >= 11 is 0. The summed E-state index contributed by atoms with van der Waals surface area (Å²) in [4.78, 5) is 0. The molecule has 2 heterocycles. The Kier molecular flexibility index (Phi) is 7.35. The van der Waals surface area contributed by atoms with Gasteiger partial charge in [-0.2, -0.15) is 0 Å². The summed E-state index contributed by atoms with van der Waals surface area (Å²) in [5.74, 6) is 0. The van der Waals surface area contributed by atoms with E-state index in [1.54, 1.807) is 0 Å². The van der Waals surface area contributed by atoms with E-state index in [1.807, 2.05) is 0 Å². The first-order chi connectivity index (χ1) is 27.7. The molecule has 0 saturated heterocycles. The Morgan fingerprint density at radius 1 is 0.351 bits per heavy atom. The molecule has 2 heteroatoms. The fourth-order valence-electron chi connectivity index (χ4n) is 10.4. The quantitative estimate of drug-likeness (QED) is 0.167. The highest BCUT2D eigenvalue weighted by molar-refractivity contribution is 6.13. The first-order valence-electron chi connectivity index (χ1n) is 20.2. The van der Waals surface area contributed by atoms with Crippen LogP contribution in [0.25, 0.3) is 88.4 Å². The molecule has 0 atom stereocenters. The summed E-state index contributed by atoms with van der Waals surface area (Å²) in [6.07, 6.45) is 1.14. The van der Waals surface area contributed by atoms with E-state index >= 15 is 0 Å². The molecule has 2 nitrogen and oxygen atoms in total. The van der Waals surface area contributed by atoms with Crippen molar-refractivity contribution < 1.29 is 0 Å². The molecule has 0 fully saturated rings. The molecule has 0 aliphatic heterocycles. The SMILES string of the molecule is CC1(C)CC(C)(C)c2c(-n3c4ccccc4c4cc(-c5ccc6c(c5)c5cc(-c7ccccc7)ccc5n6-c5ccc(-c6ccccc6)cc5)ccc43)cccc21. The van der Waals surface area contributed by atoms with E-state index in [0.717, 1.165) is 12.1 Å². The van der Waals surface area contributed by atoms with Crippen LogP contribution in [0.1, 0.15) is 45.2 Å². The van der Waals surface area contributed by atoms with Crippen molar-refractivity contribution in [3.05, 3.63) is 193 Å². The molecule has 0 bridgehead atoms. The van der Waals surface area contributed by atoms with Gasteiger partial charge < -0.3 is 9.13 Å². The third kappa shape index (κ3) is 5.24. The fraction of sp³-hybridized carbons (Fsp3) is 0.127. The average molecular weight is 733 g/mol. The largest absolute Gasteiger partial charge is 0.309 e. The zero-order valence-corrected chi connectivity index (χ0v) is 32.9. The Morgan fingerprint density at radius 2 is 0.807 bits per heavy atom. The summed E-state index contributed by atoms with van der Waals surface area (Å²) < 4.78 is 4.96. The molecule has 11 rings (SSSR count). The topological polar surface area (TPSA) is 9.86 Å². The van der Waals surface area contributed by atoms with Gasteiger partial charge >= 0.3 is 0 Å². The zero-order chi connectivity index (χ0) is 38.5. The average Bonchev–Trinajstić information content (AvgIpc) is 3.82. The Hall–Kier alpha value is -6.64. The Morgan fingerprint density at radius 3 is 1.42 bits per heavy atom. The highest BCUT2D eigenvalue weighted by atomic mass is 15.0. The van der Waals surface area contributed by atoms with E-state index in [9.17, 15) is 0 Å². The molecule has 10 aromatic rings. The molecule has 0 N–H and O–H groups in total. The number of hydrogen-bond donors (Lipinski definition) is 0. The molecule has 0 amide bonds. The summed E-state index contributed by atoms with van der Waals surface area (Å²) in [6, 6.07) is 67.3. The van der Waals surface area contributed by atoms with Crippen molar-refractivity contribution in [3.8, 4) is 44.8 Å². The van der Waals surface area contributed by atoms with Gasteiger partial charge in [0.05, 0.1) is 27.8 Å². The van der Waals surface area contributed by atoms with E-state index < -0.39 is 0 Å². The van der Waals surface area contributed by atoms with Gasteiger partial charge in [-0.3, -0.25) is 0 Å². The highest BCUT2D eigenvalue weighted by Crippen LogP contribution is 2.52. The second-order valence-electron chi connectivity index (χ2n) is 17.3. The van der Waals surface area contributed by atoms with Gasteiger partial charge in [-0.1, -0.05) is 149 Å². The maximum absolute atomic E-state index is 2.53. The lowest BCUT2D eigenvalue weighted by molar-refractivity contribution is 0.403. The lowest BCUT2D eigenvalue weighted by atomic mass is 9.81. The van der Waals surface area contributed by atoms with E-state index in [4.69, 9.17) is 0 Å².